The Morgan fingerprint density at radius 1 is 1.57 bits per heavy atom. The monoisotopic (exact) mass is 204 g/mol. The van der Waals surface area contributed by atoms with Crippen LogP contribution in [-0.4, -0.2) is 40.8 Å². The third-order valence-electron chi connectivity index (χ3n) is 2.31. The van der Waals surface area contributed by atoms with Crippen molar-refractivity contribution in [2.45, 2.75) is 38.8 Å². The van der Waals surface area contributed by atoms with E-state index in [1.807, 2.05) is 0 Å². The molecular formula is C9H16O5. The standard InChI is InChI=1S/C9H16O5/c1-5(8(11)12)7(10)6-4-13-9(2,3)14-6/h5-7,10H,4H2,1-3H3,(H,11,12)/t5-,6+,7-/m0/s1. The van der Waals surface area contributed by atoms with Crippen LogP contribution in [0.15, 0.2) is 0 Å². The largest absolute Gasteiger partial charge is 0.481 e. The van der Waals surface area contributed by atoms with Gasteiger partial charge in [0.25, 0.3) is 0 Å². The van der Waals surface area contributed by atoms with Crippen LogP contribution in [0.5, 0.6) is 0 Å². The van der Waals surface area contributed by atoms with Crippen LogP contribution in [-0.2, 0) is 14.3 Å². The van der Waals surface area contributed by atoms with E-state index in [-0.39, 0.29) is 6.61 Å². The highest BCUT2D eigenvalue weighted by Gasteiger charge is 2.40. The number of ether oxygens (including phenoxy) is 2. The fraction of sp³-hybridized carbons (Fsp3) is 0.889. The van der Waals surface area contributed by atoms with E-state index in [4.69, 9.17) is 14.6 Å². The Hall–Kier alpha value is -0.650. The van der Waals surface area contributed by atoms with E-state index in [0.717, 1.165) is 0 Å². The second kappa shape index (κ2) is 3.84. The molecule has 14 heavy (non-hydrogen) atoms. The number of aliphatic carboxylic acids is 1. The molecule has 2 N–H and O–H groups in total. The lowest BCUT2D eigenvalue weighted by Crippen LogP contribution is -2.38. The van der Waals surface area contributed by atoms with Crippen LogP contribution in [0.4, 0.5) is 0 Å². The second-order valence-corrected chi connectivity index (χ2v) is 3.98. The summed E-state index contributed by atoms with van der Waals surface area (Å²) in [4.78, 5) is 10.6. The van der Waals surface area contributed by atoms with Gasteiger partial charge in [-0.1, -0.05) is 0 Å². The van der Waals surface area contributed by atoms with Gasteiger partial charge in [-0.05, 0) is 20.8 Å². The zero-order valence-corrected chi connectivity index (χ0v) is 8.56. The van der Waals surface area contributed by atoms with Crippen molar-refractivity contribution in [3.05, 3.63) is 0 Å². The normalized spacial score (nSPS) is 29.9. The van der Waals surface area contributed by atoms with Gasteiger partial charge in [-0.25, -0.2) is 0 Å². The first-order valence-corrected chi connectivity index (χ1v) is 4.56. The molecule has 0 aromatic carbocycles. The molecule has 0 spiro atoms. The average molecular weight is 204 g/mol. The maximum absolute atomic E-state index is 10.6. The molecule has 5 heteroatoms. The van der Waals surface area contributed by atoms with Gasteiger partial charge in [-0.3, -0.25) is 4.79 Å². The number of aliphatic hydroxyl groups is 1. The molecule has 1 fully saturated rings. The first kappa shape index (κ1) is 11.4. The molecule has 82 valence electrons. The van der Waals surface area contributed by atoms with Gasteiger partial charge in [0.1, 0.15) is 6.10 Å². The molecule has 1 aliphatic heterocycles. The molecule has 0 radical (unpaired) electrons. The van der Waals surface area contributed by atoms with Gasteiger partial charge in [0.15, 0.2) is 5.79 Å². The number of rotatable bonds is 3. The number of aliphatic hydroxyl groups excluding tert-OH is 1. The van der Waals surface area contributed by atoms with Crippen molar-refractivity contribution in [2.24, 2.45) is 5.92 Å². The van der Waals surface area contributed by atoms with Crippen LogP contribution >= 0.6 is 0 Å². The smallest absolute Gasteiger partial charge is 0.308 e. The second-order valence-electron chi connectivity index (χ2n) is 3.98. The highest BCUT2D eigenvalue weighted by molar-refractivity contribution is 5.70. The molecule has 0 aliphatic carbocycles. The molecule has 0 aromatic rings. The van der Waals surface area contributed by atoms with E-state index in [2.05, 4.69) is 0 Å². The van der Waals surface area contributed by atoms with E-state index in [9.17, 15) is 9.90 Å². The molecule has 0 aromatic heterocycles. The molecule has 0 saturated carbocycles. The first-order chi connectivity index (χ1) is 6.33. The van der Waals surface area contributed by atoms with E-state index in [1.54, 1.807) is 13.8 Å². The van der Waals surface area contributed by atoms with Crippen molar-refractivity contribution in [1.82, 2.24) is 0 Å². The predicted molar refractivity (Wildman–Crippen MR) is 47.7 cm³/mol. The highest BCUT2D eigenvalue weighted by atomic mass is 16.7. The zero-order chi connectivity index (χ0) is 10.9. The Kier molecular flexibility index (Phi) is 3.14. The van der Waals surface area contributed by atoms with E-state index in [0.29, 0.717) is 0 Å². The summed E-state index contributed by atoms with van der Waals surface area (Å²) in [7, 11) is 0. The first-order valence-electron chi connectivity index (χ1n) is 4.56. The number of hydrogen-bond donors (Lipinski definition) is 2. The summed E-state index contributed by atoms with van der Waals surface area (Å²) in [5.74, 6) is -2.62. The summed E-state index contributed by atoms with van der Waals surface area (Å²) in [5, 5.41) is 18.3. The van der Waals surface area contributed by atoms with Crippen molar-refractivity contribution < 1.29 is 24.5 Å². The Morgan fingerprint density at radius 3 is 2.50 bits per heavy atom. The van der Waals surface area contributed by atoms with Crippen molar-refractivity contribution in [3.8, 4) is 0 Å². The van der Waals surface area contributed by atoms with Gasteiger partial charge in [-0.2, -0.15) is 0 Å². The number of carboxylic acids is 1. The minimum absolute atomic E-state index is 0.228. The zero-order valence-electron chi connectivity index (χ0n) is 8.56. The molecule has 5 nitrogen and oxygen atoms in total. The quantitative estimate of drug-likeness (QED) is 0.687. The summed E-state index contributed by atoms with van der Waals surface area (Å²) >= 11 is 0. The minimum Gasteiger partial charge on any atom is -0.481 e. The fourth-order valence-corrected chi connectivity index (χ4v) is 1.35. The summed E-state index contributed by atoms with van der Waals surface area (Å²) in [6.07, 6.45) is -1.59. The SMILES string of the molecule is C[C@H](C(=O)O)[C@H](O)[C@H]1COC(C)(C)O1. The van der Waals surface area contributed by atoms with E-state index < -0.39 is 29.9 Å². The predicted octanol–water partition coefficient (Wildman–Crippen LogP) is 0.219. The number of carbonyl (C=O) groups is 1. The van der Waals surface area contributed by atoms with Crippen LogP contribution in [0.2, 0.25) is 0 Å². The molecule has 1 aliphatic rings. The topological polar surface area (TPSA) is 76.0 Å². The number of carboxylic acid groups (broad SMARTS) is 1. The summed E-state index contributed by atoms with van der Waals surface area (Å²) in [5.41, 5.74) is 0. The Balaban J connectivity index is 2.55. The maximum atomic E-state index is 10.6. The minimum atomic E-state index is -1.04. The lowest BCUT2D eigenvalue weighted by atomic mass is 10.0. The lowest BCUT2D eigenvalue weighted by molar-refractivity contribution is -0.164. The molecule has 1 rings (SSSR count). The van der Waals surface area contributed by atoms with Gasteiger partial charge in [0.05, 0.1) is 18.6 Å². The van der Waals surface area contributed by atoms with Crippen molar-refractivity contribution in [3.63, 3.8) is 0 Å². The van der Waals surface area contributed by atoms with Crippen LogP contribution in [0, 0.1) is 5.92 Å². The molecule has 1 saturated heterocycles. The van der Waals surface area contributed by atoms with Crippen LogP contribution in [0.3, 0.4) is 0 Å². The van der Waals surface area contributed by atoms with Crippen LogP contribution in [0.25, 0.3) is 0 Å². The molecule has 1 heterocycles. The Bertz CT molecular complexity index is 225. The van der Waals surface area contributed by atoms with E-state index in [1.165, 1.54) is 6.92 Å². The van der Waals surface area contributed by atoms with Gasteiger partial charge in [-0.15, -0.1) is 0 Å². The third kappa shape index (κ3) is 2.43. The molecular weight excluding hydrogens is 188 g/mol. The summed E-state index contributed by atoms with van der Waals surface area (Å²) in [6, 6.07) is 0. The third-order valence-corrected chi connectivity index (χ3v) is 2.31. The number of hydrogen-bond acceptors (Lipinski definition) is 4. The Labute approximate surface area is 82.6 Å². The maximum Gasteiger partial charge on any atom is 0.308 e. The van der Waals surface area contributed by atoms with Crippen molar-refractivity contribution in [1.29, 1.82) is 0 Å². The average Bonchev–Trinajstić information content (AvgIpc) is 2.43. The molecule has 0 unspecified atom stereocenters. The summed E-state index contributed by atoms with van der Waals surface area (Å²) in [6.45, 7) is 5.13. The lowest BCUT2D eigenvalue weighted by Gasteiger charge is -2.22. The molecule has 0 amide bonds. The van der Waals surface area contributed by atoms with Gasteiger partial charge in [0, 0.05) is 0 Å². The highest BCUT2D eigenvalue weighted by Crippen LogP contribution is 2.26. The van der Waals surface area contributed by atoms with Crippen LogP contribution in [0.1, 0.15) is 20.8 Å². The van der Waals surface area contributed by atoms with Gasteiger partial charge < -0.3 is 19.7 Å². The Morgan fingerprint density at radius 2 is 2.14 bits per heavy atom. The van der Waals surface area contributed by atoms with Gasteiger partial charge in [0.2, 0.25) is 0 Å². The van der Waals surface area contributed by atoms with Crippen molar-refractivity contribution in [2.75, 3.05) is 6.61 Å². The van der Waals surface area contributed by atoms with Gasteiger partial charge >= 0.3 is 5.97 Å². The molecule has 3 atom stereocenters. The van der Waals surface area contributed by atoms with Crippen molar-refractivity contribution >= 4 is 5.97 Å². The molecule has 0 bridgehead atoms. The fourth-order valence-electron chi connectivity index (χ4n) is 1.35. The van der Waals surface area contributed by atoms with E-state index >= 15 is 0 Å². The summed E-state index contributed by atoms with van der Waals surface area (Å²) < 4.78 is 10.6. The van der Waals surface area contributed by atoms with Crippen LogP contribution < -0.4 is 0 Å².